The average molecular weight is 327 g/mol. The molecule has 0 unspecified atom stereocenters. The van der Waals surface area contributed by atoms with E-state index in [1.807, 2.05) is 19.1 Å². The summed E-state index contributed by atoms with van der Waals surface area (Å²) in [4.78, 5) is 31.9. The molecule has 0 spiro atoms. The van der Waals surface area contributed by atoms with Crippen LogP contribution >= 0.6 is 11.3 Å². The predicted octanol–water partition coefficient (Wildman–Crippen LogP) is 3.04. The van der Waals surface area contributed by atoms with Gasteiger partial charge < -0.3 is 10.1 Å². The van der Waals surface area contributed by atoms with E-state index in [-0.39, 0.29) is 11.6 Å². The highest BCUT2D eigenvalue weighted by Crippen LogP contribution is 2.24. The van der Waals surface area contributed by atoms with Gasteiger partial charge in [0.15, 0.2) is 0 Å². The van der Waals surface area contributed by atoms with Crippen LogP contribution in [0, 0.1) is 6.92 Å². The maximum atomic E-state index is 12.2. The van der Waals surface area contributed by atoms with Crippen molar-refractivity contribution in [2.45, 2.75) is 6.92 Å². The molecule has 1 N–H and O–H groups in total. The number of ether oxygens (including phenoxy) is 1. The van der Waals surface area contributed by atoms with E-state index in [1.54, 1.807) is 17.4 Å². The van der Waals surface area contributed by atoms with Gasteiger partial charge in [0.25, 0.3) is 5.91 Å². The number of amides is 1. The number of pyridine rings is 1. The maximum absolute atomic E-state index is 12.2. The zero-order valence-electron chi connectivity index (χ0n) is 12.5. The number of aromatic nitrogens is 2. The zero-order chi connectivity index (χ0) is 16.4. The Labute approximate surface area is 136 Å². The molecule has 1 aromatic carbocycles. The van der Waals surface area contributed by atoms with Crippen molar-refractivity contribution in [3.63, 3.8) is 0 Å². The summed E-state index contributed by atoms with van der Waals surface area (Å²) in [5.74, 6) is -0.836. The SMILES string of the molecule is COC(=O)c1ccc(C(=O)Nc2ccc3nc(C)sc3c2)nc1. The molecule has 0 saturated heterocycles. The molecule has 0 aliphatic carbocycles. The number of carbonyl (C=O) groups is 2. The molecule has 0 saturated carbocycles. The largest absolute Gasteiger partial charge is 0.465 e. The van der Waals surface area contributed by atoms with E-state index < -0.39 is 5.97 Å². The smallest absolute Gasteiger partial charge is 0.339 e. The Bertz CT molecular complexity index is 887. The van der Waals surface area contributed by atoms with E-state index in [0.717, 1.165) is 15.2 Å². The fourth-order valence-electron chi connectivity index (χ4n) is 2.08. The number of rotatable bonds is 3. The first-order valence-electron chi connectivity index (χ1n) is 6.80. The summed E-state index contributed by atoms with van der Waals surface area (Å²) >= 11 is 1.57. The second-order valence-corrected chi connectivity index (χ2v) is 6.03. The normalized spacial score (nSPS) is 10.5. The van der Waals surface area contributed by atoms with Crippen LogP contribution in [0.5, 0.6) is 0 Å². The third kappa shape index (κ3) is 3.19. The molecular weight excluding hydrogens is 314 g/mol. The summed E-state index contributed by atoms with van der Waals surface area (Å²) in [7, 11) is 1.29. The lowest BCUT2D eigenvalue weighted by Crippen LogP contribution is -2.14. The number of esters is 1. The van der Waals surface area contributed by atoms with Crippen LogP contribution < -0.4 is 5.32 Å². The summed E-state index contributed by atoms with van der Waals surface area (Å²) in [5.41, 5.74) is 2.10. The molecule has 6 nitrogen and oxygen atoms in total. The number of aryl methyl sites for hydroxylation is 1. The van der Waals surface area contributed by atoms with E-state index in [2.05, 4.69) is 20.0 Å². The van der Waals surface area contributed by atoms with E-state index in [1.165, 1.54) is 25.4 Å². The van der Waals surface area contributed by atoms with Gasteiger partial charge >= 0.3 is 5.97 Å². The molecule has 0 atom stereocenters. The molecule has 0 aliphatic heterocycles. The number of hydrogen-bond acceptors (Lipinski definition) is 6. The number of methoxy groups -OCH3 is 1. The highest BCUT2D eigenvalue weighted by Gasteiger charge is 2.11. The topological polar surface area (TPSA) is 81.2 Å². The molecule has 3 rings (SSSR count). The van der Waals surface area contributed by atoms with Gasteiger partial charge in [-0.3, -0.25) is 9.78 Å². The maximum Gasteiger partial charge on any atom is 0.339 e. The van der Waals surface area contributed by atoms with E-state index in [0.29, 0.717) is 11.3 Å². The van der Waals surface area contributed by atoms with Gasteiger partial charge in [-0.1, -0.05) is 0 Å². The Hall–Kier alpha value is -2.80. The standard InChI is InChI=1S/C16H13N3O3S/c1-9-18-12-6-4-11(7-14(12)23-9)19-15(20)13-5-3-10(8-17-13)16(21)22-2/h3-8H,1-2H3,(H,19,20). The number of nitrogens with one attached hydrogen (secondary N) is 1. The molecule has 0 radical (unpaired) electrons. The lowest BCUT2D eigenvalue weighted by molar-refractivity contribution is 0.0600. The minimum atomic E-state index is -0.490. The van der Waals surface area contributed by atoms with Crippen molar-refractivity contribution in [1.29, 1.82) is 0 Å². The number of thiazole rings is 1. The molecule has 0 aliphatic rings. The molecule has 3 aromatic rings. The summed E-state index contributed by atoms with van der Waals surface area (Å²) in [6.07, 6.45) is 1.32. The van der Waals surface area contributed by atoms with Crippen LogP contribution in [0.2, 0.25) is 0 Å². The Morgan fingerprint density at radius 3 is 2.74 bits per heavy atom. The molecule has 1 amide bonds. The zero-order valence-corrected chi connectivity index (χ0v) is 13.3. The first kappa shape index (κ1) is 15.1. The van der Waals surface area contributed by atoms with Gasteiger partial charge in [-0.25, -0.2) is 9.78 Å². The Balaban J connectivity index is 1.78. The van der Waals surface area contributed by atoms with Crippen LogP contribution in [0.3, 0.4) is 0 Å². The van der Waals surface area contributed by atoms with Crippen LogP contribution in [0.1, 0.15) is 25.9 Å². The van der Waals surface area contributed by atoms with Crippen LogP contribution in [0.4, 0.5) is 5.69 Å². The minimum Gasteiger partial charge on any atom is -0.465 e. The van der Waals surface area contributed by atoms with Gasteiger partial charge in [0, 0.05) is 11.9 Å². The van der Waals surface area contributed by atoms with Crippen molar-refractivity contribution in [1.82, 2.24) is 9.97 Å². The summed E-state index contributed by atoms with van der Waals surface area (Å²) < 4.78 is 5.60. The van der Waals surface area contributed by atoms with Gasteiger partial charge in [-0.05, 0) is 37.3 Å². The van der Waals surface area contributed by atoms with Crippen molar-refractivity contribution in [3.05, 3.63) is 52.8 Å². The van der Waals surface area contributed by atoms with Gasteiger partial charge in [0.2, 0.25) is 0 Å². The first-order valence-corrected chi connectivity index (χ1v) is 7.61. The first-order chi connectivity index (χ1) is 11.1. The fraction of sp³-hybridized carbons (Fsp3) is 0.125. The van der Waals surface area contributed by atoms with Crippen LogP contribution in [-0.4, -0.2) is 29.0 Å². The molecular formula is C16H13N3O3S. The second kappa shape index (κ2) is 6.13. The Morgan fingerprint density at radius 1 is 1.22 bits per heavy atom. The number of benzene rings is 1. The van der Waals surface area contributed by atoms with Gasteiger partial charge in [0.1, 0.15) is 5.69 Å². The van der Waals surface area contributed by atoms with Crippen molar-refractivity contribution >= 4 is 39.1 Å². The average Bonchev–Trinajstić information content (AvgIpc) is 2.93. The van der Waals surface area contributed by atoms with Crippen molar-refractivity contribution in [2.24, 2.45) is 0 Å². The summed E-state index contributed by atoms with van der Waals surface area (Å²) in [5, 5.41) is 3.76. The molecule has 23 heavy (non-hydrogen) atoms. The summed E-state index contributed by atoms with van der Waals surface area (Å²) in [6, 6.07) is 8.52. The number of nitrogens with zero attached hydrogens (tertiary/aromatic N) is 2. The van der Waals surface area contributed by atoms with Gasteiger partial charge in [-0.15, -0.1) is 11.3 Å². The second-order valence-electron chi connectivity index (χ2n) is 4.79. The van der Waals surface area contributed by atoms with E-state index in [4.69, 9.17) is 0 Å². The minimum absolute atomic E-state index is 0.221. The van der Waals surface area contributed by atoms with Crippen LogP contribution in [0.25, 0.3) is 10.2 Å². The predicted molar refractivity (Wildman–Crippen MR) is 87.9 cm³/mol. The number of anilines is 1. The number of hydrogen-bond donors (Lipinski definition) is 1. The van der Waals surface area contributed by atoms with E-state index >= 15 is 0 Å². The lowest BCUT2D eigenvalue weighted by atomic mass is 10.2. The van der Waals surface area contributed by atoms with E-state index in [9.17, 15) is 9.59 Å². The van der Waals surface area contributed by atoms with Crippen LogP contribution in [-0.2, 0) is 4.74 Å². The molecule has 116 valence electrons. The van der Waals surface area contributed by atoms with Gasteiger partial charge in [-0.2, -0.15) is 0 Å². The van der Waals surface area contributed by atoms with Crippen molar-refractivity contribution in [2.75, 3.05) is 12.4 Å². The molecule has 0 bridgehead atoms. The third-order valence-electron chi connectivity index (χ3n) is 3.17. The monoisotopic (exact) mass is 327 g/mol. The molecule has 2 heterocycles. The third-order valence-corrected chi connectivity index (χ3v) is 4.10. The van der Waals surface area contributed by atoms with Crippen molar-refractivity contribution < 1.29 is 14.3 Å². The fourth-order valence-corrected chi connectivity index (χ4v) is 2.95. The summed E-state index contributed by atoms with van der Waals surface area (Å²) in [6.45, 7) is 1.94. The lowest BCUT2D eigenvalue weighted by Gasteiger charge is -2.05. The number of fused-ring (bicyclic) bond motifs is 1. The Morgan fingerprint density at radius 2 is 2.04 bits per heavy atom. The highest BCUT2D eigenvalue weighted by atomic mass is 32.1. The molecule has 0 fully saturated rings. The van der Waals surface area contributed by atoms with Crippen molar-refractivity contribution in [3.8, 4) is 0 Å². The van der Waals surface area contributed by atoms with Crippen LogP contribution in [0.15, 0.2) is 36.5 Å². The molecule has 7 heteroatoms. The number of carbonyl (C=O) groups excluding carboxylic acids is 2. The highest BCUT2D eigenvalue weighted by molar-refractivity contribution is 7.18. The molecule has 2 aromatic heterocycles. The van der Waals surface area contributed by atoms with Gasteiger partial charge in [0.05, 0.1) is 27.9 Å². The quantitative estimate of drug-likeness (QED) is 0.748. The Kier molecular flexibility index (Phi) is 4.03.